The van der Waals surface area contributed by atoms with Gasteiger partial charge in [0, 0.05) is 18.0 Å². The number of aromatic nitrogens is 2. The van der Waals surface area contributed by atoms with Crippen LogP contribution in [-0.4, -0.2) is 27.1 Å². The van der Waals surface area contributed by atoms with Crippen molar-refractivity contribution in [2.75, 3.05) is 6.61 Å². The molecule has 0 amide bonds. The summed E-state index contributed by atoms with van der Waals surface area (Å²) in [7, 11) is 0. The zero-order valence-corrected chi connectivity index (χ0v) is 13.9. The van der Waals surface area contributed by atoms with Gasteiger partial charge in [0.1, 0.15) is 17.5 Å². The van der Waals surface area contributed by atoms with Crippen LogP contribution >= 0.6 is 0 Å². The Labute approximate surface area is 144 Å². The van der Waals surface area contributed by atoms with Crippen molar-refractivity contribution in [1.82, 2.24) is 9.38 Å². The van der Waals surface area contributed by atoms with Crippen molar-refractivity contribution in [3.05, 3.63) is 53.9 Å². The van der Waals surface area contributed by atoms with Crippen LogP contribution in [0.5, 0.6) is 5.75 Å². The second-order valence-corrected chi connectivity index (χ2v) is 6.14. The Hall–Kier alpha value is -3.33. The molecule has 0 aliphatic carbocycles. The lowest BCUT2D eigenvalue weighted by Gasteiger charge is -2.10. The summed E-state index contributed by atoms with van der Waals surface area (Å²) in [6, 6.07) is 10.7. The van der Waals surface area contributed by atoms with Gasteiger partial charge in [0.05, 0.1) is 23.4 Å². The van der Waals surface area contributed by atoms with Crippen LogP contribution in [0.4, 0.5) is 0 Å². The van der Waals surface area contributed by atoms with Crippen LogP contribution in [0.2, 0.25) is 0 Å². The molecule has 6 nitrogen and oxygen atoms in total. The second kappa shape index (κ2) is 6.65. The zero-order chi connectivity index (χ0) is 18.0. The summed E-state index contributed by atoms with van der Waals surface area (Å²) in [6.45, 7) is 4.63. The molecule has 0 aliphatic heterocycles. The van der Waals surface area contributed by atoms with Crippen molar-refractivity contribution in [2.45, 2.75) is 13.8 Å². The molecule has 0 atom stereocenters. The number of imidazole rings is 1. The van der Waals surface area contributed by atoms with E-state index in [2.05, 4.69) is 11.1 Å². The molecule has 0 bridgehead atoms. The number of ether oxygens (including phenoxy) is 1. The predicted octanol–water partition coefficient (Wildman–Crippen LogP) is 3.61. The molecule has 25 heavy (non-hydrogen) atoms. The first-order valence-corrected chi connectivity index (χ1v) is 7.87. The lowest BCUT2D eigenvalue weighted by molar-refractivity contribution is 0.0696. The van der Waals surface area contributed by atoms with Gasteiger partial charge in [-0.2, -0.15) is 5.26 Å². The van der Waals surface area contributed by atoms with Crippen molar-refractivity contribution in [3.63, 3.8) is 0 Å². The Morgan fingerprint density at radius 2 is 2.12 bits per heavy atom. The first kappa shape index (κ1) is 16.5. The number of nitrogens with zero attached hydrogens (tertiary/aromatic N) is 3. The maximum absolute atomic E-state index is 11.1. The van der Waals surface area contributed by atoms with Crippen molar-refractivity contribution in [2.24, 2.45) is 5.92 Å². The number of hydrogen-bond donors (Lipinski definition) is 1. The highest BCUT2D eigenvalue weighted by Crippen LogP contribution is 2.26. The van der Waals surface area contributed by atoms with Crippen molar-refractivity contribution >= 4 is 11.6 Å². The number of hydrogen-bond acceptors (Lipinski definition) is 4. The normalized spacial score (nSPS) is 10.8. The SMILES string of the molecule is CC(C)COc1ccc(-c2cn3cc(C(=O)O)ccc3n2)cc1C#N. The van der Waals surface area contributed by atoms with E-state index in [1.54, 1.807) is 28.8 Å². The highest BCUT2D eigenvalue weighted by atomic mass is 16.5. The van der Waals surface area contributed by atoms with Crippen LogP contribution in [0.1, 0.15) is 29.8 Å². The van der Waals surface area contributed by atoms with Gasteiger partial charge in [0.15, 0.2) is 0 Å². The van der Waals surface area contributed by atoms with Gasteiger partial charge in [-0.3, -0.25) is 0 Å². The third-order valence-corrected chi connectivity index (χ3v) is 3.67. The average Bonchev–Trinajstić information content (AvgIpc) is 3.02. The fourth-order valence-electron chi connectivity index (χ4n) is 2.42. The fraction of sp³-hybridized carbons (Fsp3) is 0.211. The van der Waals surface area contributed by atoms with Gasteiger partial charge in [0.25, 0.3) is 0 Å². The monoisotopic (exact) mass is 335 g/mol. The van der Waals surface area contributed by atoms with Gasteiger partial charge < -0.3 is 14.2 Å². The van der Waals surface area contributed by atoms with Gasteiger partial charge in [-0.25, -0.2) is 9.78 Å². The molecule has 0 saturated carbocycles. The van der Waals surface area contributed by atoms with Crippen molar-refractivity contribution in [1.29, 1.82) is 5.26 Å². The van der Waals surface area contributed by atoms with Crippen LogP contribution in [0, 0.1) is 17.2 Å². The van der Waals surface area contributed by atoms with E-state index in [0.717, 1.165) is 5.56 Å². The van der Waals surface area contributed by atoms with Crippen LogP contribution in [0.25, 0.3) is 16.9 Å². The summed E-state index contributed by atoms with van der Waals surface area (Å²) >= 11 is 0. The summed E-state index contributed by atoms with van der Waals surface area (Å²) in [4.78, 5) is 15.6. The second-order valence-electron chi connectivity index (χ2n) is 6.14. The third-order valence-electron chi connectivity index (χ3n) is 3.67. The zero-order valence-electron chi connectivity index (χ0n) is 13.9. The van der Waals surface area contributed by atoms with Crippen molar-refractivity contribution < 1.29 is 14.6 Å². The number of carboxylic acid groups (broad SMARTS) is 1. The van der Waals surface area contributed by atoms with Gasteiger partial charge in [-0.05, 0) is 36.2 Å². The molecule has 0 fully saturated rings. The van der Waals surface area contributed by atoms with E-state index >= 15 is 0 Å². The summed E-state index contributed by atoms with van der Waals surface area (Å²) in [5.41, 5.74) is 2.70. The molecule has 0 radical (unpaired) electrons. The summed E-state index contributed by atoms with van der Waals surface area (Å²) in [5.74, 6) is -0.0689. The highest BCUT2D eigenvalue weighted by Gasteiger charge is 2.11. The summed E-state index contributed by atoms with van der Waals surface area (Å²) in [5, 5.41) is 18.4. The first-order valence-electron chi connectivity index (χ1n) is 7.87. The molecule has 2 heterocycles. The van der Waals surface area contributed by atoms with Gasteiger partial charge in [-0.1, -0.05) is 13.8 Å². The molecule has 6 heteroatoms. The number of pyridine rings is 1. The number of aromatic carboxylic acids is 1. The van der Waals surface area contributed by atoms with Crippen LogP contribution in [0.15, 0.2) is 42.7 Å². The van der Waals surface area contributed by atoms with E-state index in [4.69, 9.17) is 9.84 Å². The molecular weight excluding hydrogens is 318 g/mol. The topological polar surface area (TPSA) is 87.6 Å². The number of carboxylic acids is 1. The third kappa shape index (κ3) is 3.45. The summed E-state index contributed by atoms with van der Waals surface area (Å²) in [6.07, 6.45) is 3.26. The summed E-state index contributed by atoms with van der Waals surface area (Å²) < 4.78 is 7.33. The lowest BCUT2D eigenvalue weighted by atomic mass is 10.1. The minimum atomic E-state index is -0.990. The Balaban J connectivity index is 1.97. The quantitative estimate of drug-likeness (QED) is 0.769. The molecule has 1 aromatic carbocycles. The molecule has 0 spiro atoms. The molecule has 2 aromatic heterocycles. The number of rotatable bonds is 5. The average molecular weight is 335 g/mol. The largest absolute Gasteiger partial charge is 0.492 e. The Morgan fingerprint density at radius 1 is 1.32 bits per heavy atom. The number of nitriles is 1. The Kier molecular flexibility index (Phi) is 4.40. The van der Waals surface area contributed by atoms with Gasteiger partial charge in [0.2, 0.25) is 0 Å². The van der Waals surface area contributed by atoms with Crippen molar-refractivity contribution in [3.8, 4) is 23.1 Å². The van der Waals surface area contributed by atoms with E-state index in [1.165, 1.54) is 12.3 Å². The molecule has 1 N–H and O–H groups in total. The Bertz CT molecular complexity index is 983. The van der Waals surface area contributed by atoms with Gasteiger partial charge in [-0.15, -0.1) is 0 Å². The number of carbonyl (C=O) groups is 1. The van der Waals surface area contributed by atoms with E-state index in [9.17, 15) is 10.1 Å². The molecule has 0 aliphatic rings. The lowest BCUT2D eigenvalue weighted by Crippen LogP contribution is -2.05. The van der Waals surface area contributed by atoms with Crippen LogP contribution in [-0.2, 0) is 0 Å². The van der Waals surface area contributed by atoms with Crippen LogP contribution < -0.4 is 4.74 Å². The van der Waals surface area contributed by atoms with E-state index in [-0.39, 0.29) is 5.56 Å². The van der Waals surface area contributed by atoms with E-state index < -0.39 is 5.97 Å². The standard InChI is InChI=1S/C19H17N3O3/c1-12(2)11-25-17-5-3-13(7-15(17)8-20)16-10-22-9-14(19(23)24)4-6-18(22)21-16/h3-7,9-10,12H,11H2,1-2H3,(H,23,24). The smallest absolute Gasteiger partial charge is 0.337 e. The van der Waals surface area contributed by atoms with Crippen LogP contribution in [0.3, 0.4) is 0 Å². The molecular formula is C19H17N3O3. The minimum absolute atomic E-state index is 0.187. The van der Waals surface area contributed by atoms with E-state index in [0.29, 0.717) is 35.2 Å². The highest BCUT2D eigenvalue weighted by molar-refractivity contribution is 5.87. The maximum Gasteiger partial charge on any atom is 0.337 e. The molecule has 0 unspecified atom stereocenters. The van der Waals surface area contributed by atoms with E-state index in [1.807, 2.05) is 19.9 Å². The number of fused-ring (bicyclic) bond motifs is 1. The minimum Gasteiger partial charge on any atom is -0.492 e. The Morgan fingerprint density at radius 3 is 2.80 bits per heavy atom. The molecule has 3 aromatic rings. The van der Waals surface area contributed by atoms with Gasteiger partial charge >= 0.3 is 5.97 Å². The maximum atomic E-state index is 11.1. The first-order chi connectivity index (χ1) is 12.0. The molecule has 0 saturated heterocycles. The predicted molar refractivity (Wildman–Crippen MR) is 92.6 cm³/mol. The number of benzene rings is 1. The fourth-order valence-corrected chi connectivity index (χ4v) is 2.42. The molecule has 3 rings (SSSR count). The molecule has 126 valence electrons.